The molecule has 2 amide bonds. The molecule has 0 bridgehead atoms. The second-order valence-electron chi connectivity index (χ2n) is 8.14. The van der Waals surface area contributed by atoms with Gasteiger partial charge in [0.1, 0.15) is 0 Å². The standard InChI is InChI=1S/C23H25N5O6/c1-27(2)13-14-3-9-17(10-4-14)28-11-12-33-19(22(28)31)18(29)21(30)24-16-7-5-15(6-8-16)20-25-23(32)34-26-20/h3-10,18-19,29H,11-13H2,1-2H3,(H,24,30)(H,25,26,32). The summed E-state index contributed by atoms with van der Waals surface area (Å²) >= 11 is 0. The minimum Gasteiger partial charge on any atom is -0.380 e. The Bertz CT molecular complexity index is 1200. The van der Waals surface area contributed by atoms with Gasteiger partial charge in [-0.2, -0.15) is 0 Å². The number of morpholine rings is 1. The van der Waals surface area contributed by atoms with Crippen LogP contribution in [0.15, 0.2) is 57.8 Å². The number of nitrogens with one attached hydrogen (secondary N) is 2. The molecule has 0 aliphatic carbocycles. The van der Waals surface area contributed by atoms with Gasteiger partial charge in [-0.25, -0.2) is 4.79 Å². The average Bonchev–Trinajstić information content (AvgIpc) is 3.26. The number of aliphatic hydroxyl groups is 1. The van der Waals surface area contributed by atoms with Crippen molar-refractivity contribution in [3.63, 3.8) is 0 Å². The molecule has 34 heavy (non-hydrogen) atoms. The van der Waals surface area contributed by atoms with Crippen molar-refractivity contribution in [2.24, 2.45) is 0 Å². The number of aromatic nitrogens is 2. The fourth-order valence-electron chi connectivity index (χ4n) is 3.65. The Morgan fingerprint density at radius 3 is 2.53 bits per heavy atom. The highest BCUT2D eigenvalue weighted by Crippen LogP contribution is 2.22. The Kier molecular flexibility index (Phi) is 6.87. The first kappa shape index (κ1) is 23.4. The zero-order valence-corrected chi connectivity index (χ0v) is 18.7. The van der Waals surface area contributed by atoms with Crippen molar-refractivity contribution in [3.05, 3.63) is 64.6 Å². The zero-order valence-electron chi connectivity index (χ0n) is 18.7. The van der Waals surface area contributed by atoms with Crippen LogP contribution in [0.4, 0.5) is 11.4 Å². The number of aromatic amines is 1. The highest BCUT2D eigenvalue weighted by atomic mass is 16.5. The van der Waals surface area contributed by atoms with Gasteiger partial charge in [0, 0.05) is 30.0 Å². The SMILES string of the molecule is CN(C)Cc1ccc(N2CCOC(C(O)C(=O)Nc3ccc(-c4noc(=O)[nH]4)cc3)C2=O)cc1. The number of H-pyrrole nitrogens is 1. The highest BCUT2D eigenvalue weighted by Gasteiger charge is 2.39. The van der Waals surface area contributed by atoms with E-state index in [0.29, 0.717) is 23.5 Å². The van der Waals surface area contributed by atoms with E-state index in [0.717, 1.165) is 12.1 Å². The first-order valence-corrected chi connectivity index (χ1v) is 10.6. The topological polar surface area (TPSA) is 141 Å². The number of ether oxygens (including phenoxy) is 1. The Labute approximate surface area is 194 Å². The van der Waals surface area contributed by atoms with Crippen molar-refractivity contribution in [2.45, 2.75) is 18.8 Å². The Balaban J connectivity index is 1.40. The van der Waals surface area contributed by atoms with Gasteiger partial charge in [-0.05, 0) is 56.1 Å². The second kappa shape index (κ2) is 10.00. The van der Waals surface area contributed by atoms with Crippen LogP contribution < -0.4 is 16.0 Å². The summed E-state index contributed by atoms with van der Waals surface area (Å²) in [6, 6.07) is 13.9. The Hall–Kier alpha value is -3.80. The highest BCUT2D eigenvalue weighted by molar-refractivity contribution is 6.03. The first-order chi connectivity index (χ1) is 16.3. The fourth-order valence-corrected chi connectivity index (χ4v) is 3.65. The number of benzene rings is 2. The largest absolute Gasteiger partial charge is 0.439 e. The van der Waals surface area contributed by atoms with Crippen LogP contribution in [0.5, 0.6) is 0 Å². The van der Waals surface area contributed by atoms with Crippen molar-refractivity contribution in [1.29, 1.82) is 0 Å². The van der Waals surface area contributed by atoms with E-state index in [1.165, 1.54) is 4.90 Å². The zero-order chi connectivity index (χ0) is 24.2. The molecule has 0 spiro atoms. The van der Waals surface area contributed by atoms with Crippen LogP contribution in [0, 0.1) is 0 Å². The number of hydrogen-bond acceptors (Lipinski definition) is 8. The molecule has 178 valence electrons. The third-order valence-electron chi connectivity index (χ3n) is 5.29. The number of rotatable bonds is 7. The van der Waals surface area contributed by atoms with Crippen molar-refractivity contribution in [1.82, 2.24) is 15.0 Å². The predicted octanol–water partition coefficient (Wildman–Crippen LogP) is 0.823. The van der Waals surface area contributed by atoms with E-state index in [1.54, 1.807) is 24.3 Å². The summed E-state index contributed by atoms with van der Waals surface area (Å²) in [5, 5.41) is 16.7. The van der Waals surface area contributed by atoms with Crippen LogP contribution in [0.3, 0.4) is 0 Å². The van der Waals surface area contributed by atoms with Crippen LogP contribution in [0.1, 0.15) is 5.56 Å². The Morgan fingerprint density at radius 2 is 1.91 bits per heavy atom. The fraction of sp³-hybridized carbons (Fsp3) is 0.304. The molecule has 11 heteroatoms. The molecule has 1 aromatic heterocycles. The number of anilines is 2. The van der Waals surface area contributed by atoms with Gasteiger partial charge in [-0.3, -0.25) is 19.1 Å². The summed E-state index contributed by atoms with van der Waals surface area (Å²) in [6.07, 6.45) is -3.02. The maximum absolute atomic E-state index is 13.0. The maximum Gasteiger partial charge on any atom is 0.439 e. The monoisotopic (exact) mass is 467 g/mol. The van der Waals surface area contributed by atoms with Gasteiger partial charge in [-0.1, -0.05) is 17.3 Å². The quantitative estimate of drug-likeness (QED) is 0.464. The number of amides is 2. The molecule has 2 unspecified atom stereocenters. The van der Waals surface area contributed by atoms with E-state index < -0.39 is 29.8 Å². The van der Waals surface area contributed by atoms with Crippen molar-refractivity contribution >= 4 is 23.2 Å². The minimum absolute atomic E-state index is 0.185. The van der Waals surface area contributed by atoms with Crippen molar-refractivity contribution in [2.75, 3.05) is 37.5 Å². The van der Waals surface area contributed by atoms with Crippen LogP contribution >= 0.6 is 0 Å². The summed E-state index contributed by atoms with van der Waals surface area (Å²) in [6.45, 7) is 1.28. The summed E-state index contributed by atoms with van der Waals surface area (Å²) in [4.78, 5) is 42.7. The number of carbonyl (C=O) groups excluding carboxylic acids is 2. The van der Waals surface area contributed by atoms with E-state index in [1.807, 2.05) is 43.3 Å². The van der Waals surface area contributed by atoms with Gasteiger partial charge in [0.2, 0.25) is 0 Å². The Morgan fingerprint density at radius 1 is 1.21 bits per heavy atom. The molecule has 1 aliphatic rings. The summed E-state index contributed by atoms with van der Waals surface area (Å²) in [5.41, 5.74) is 2.74. The van der Waals surface area contributed by atoms with Crippen LogP contribution in [0.2, 0.25) is 0 Å². The first-order valence-electron chi connectivity index (χ1n) is 10.6. The van der Waals surface area contributed by atoms with Gasteiger partial charge >= 0.3 is 5.76 Å². The van der Waals surface area contributed by atoms with E-state index in [4.69, 9.17) is 4.74 Å². The molecule has 3 N–H and O–H groups in total. The lowest BCUT2D eigenvalue weighted by Gasteiger charge is -2.34. The molecule has 2 aromatic carbocycles. The normalized spacial score (nSPS) is 17.1. The summed E-state index contributed by atoms with van der Waals surface area (Å²) < 4.78 is 9.93. The van der Waals surface area contributed by atoms with E-state index in [-0.39, 0.29) is 12.4 Å². The summed E-state index contributed by atoms with van der Waals surface area (Å²) in [7, 11) is 3.95. The van der Waals surface area contributed by atoms with Crippen LogP contribution in [-0.4, -0.2) is 71.4 Å². The molecule has 0 saturated carbocycles. The minimum atomic E-state index is -1.70. The maximum atomic E-state index is 13.0. The van der Waals surface area contributed by atoms with Crippen LogP contribution in [0.25, 0.3) is 11.4 Å². The third kappa shape index (κ3) is 5.22. The number of aliphatic hydroxyl groups excluding tert-OH is 1. The van der Waals surface area contributed by atoms with Gasteiger partial charge in [0.05, 0.1) is 6.61 Å². The van der Waals surface area contributed by atoms with Gasteiger partial charge in [0.25, 0.3) is 11.8 Å². The van der Waals surface area contributed by atoms with Gasteiger partial charge < -0.3 is 25.0 Å². The van der Waals surface area contributed by atoms with E-state index in [9.17, 15) is 19.5 Å². The smallest absolute Gasteiger partial charge is 0.380 e. The lowest BCUT2D eigenvalue weighted by Crippen LogP contribution is -2.55. The van der Waals surface area contributed by atoms with E-state index in [2.05, 4.69) is 20.0 Å². The van der Waals surface area contributed by atoms with E-state index >= 15 is 0 Å². The van der Waals surface area contributed by atoms with Gasteiger partial charge in [0.15, 0.2) is 18.0 Å². The van der Waals surface area contributed by atoms with Crippen LogP contribution in [-0.2, 0) is 20.9 Å². The molecular formula is C23H25N5O6. The lowest BCUT2D eigenvalue weighted by molar-refractivity contribution is -0.150. The predicted molar refractivity (Wildman–Crippen MR) is 123 cm³/mol. The summed E-state index contributed by atoms with van der Waals surface area (Å²) in [5.74, 6) is -1.69. The molecule has 1 saturated heterocycles. The van der Waals surface area contributed by atoms with Crippen molar-refractivity contribution < 1.29 is 24.0 Å². The number of carbonyl (C=O) groups is 2. The molecule has 2 heterocycles. The van der Waals surface area contributed by atoms with Crippen molar-refractivity contribution in [3.8, 4) is 11.4 Å². The molecule has 1 fully saturated rings. The molecule has 3 aromatic rings. The molecule has 2 atom stereocenters. The molecule has 0 radical (unpaired) electrons. The molecular weight excluding hydrogens is 442 g/mol. The lowest BCUT2D eigenvalue weighted by atomic mass is 10.1. The number of nitrogens with zero attached hydrogens (tertiary/aromatic N) is 3. The molecule has 11 nitrogen and oxygen atoms in total. The van der Waals surface area contributed by atoms with Gasteiger partial charge in [-0.15, -0.1) is 0 Å². The average molecular weight is 467 g/mol. The second-order valence-corrected chi connectivity index (χ2v) is 8.14. The number of hydrogen-bond donors (Lipinski definition) is 3. The molecule has 1 aliphatic heterocycles. The third-order valence-corrected chi connectivity index (χ3v) is 5.29. The molecule has 4 rings (SSSR count).